The Hall–Kier alpha value is -1.26. The van der Waals surface area contributed by atoms with Crippen molar-refractivity contribution in [1.82, 2.24) is 9.80 Å². The van der Waals surface area contributed by atoms with Gasteiger partial charge in [0.1, 0.15) is 5.75 Å². The molecule has 0 bridgehead atoms. The van der Waals surface area contributed by atoms with E-state index >= 15 is 0 Å². The molecule has 0 aromatic heterocycles. The zero-order valence-corrected chi connectivity index (χ0v) is 12.7. The van der Waals surface area contributed by atoms with Gasteiger partial charge in [0, 0.05) is 25.2 Å². The van der Waals surface area contributed by atoms with Crippen molar-refractivity contribution in [3.05, 3.63) is 28.8 Å². The Morgan fingerprint density at radius 2 is 2.05 bits per heavy atom. The van der Waals surface area contributed by atoms with Crippen molar-refractivity contribution in [3.8, 4) is 5.75 Å². The average Bonchev–Trinajstić information content (AvgIpc) is 2.41. The smallest absolute Gasteiger partial charge is 0.253 e. The Morgan fingerprint density at radius 3 is 2.60 bits per heavy atom. The van der Waals surface area contributed by atoms with Gasteiger partial charge in [-0.25, -0.2) is 0 Å². The molecule has 1 aliphatic heterocycles. The highest BCUT2D eigenvalue weighted by Crippen LogP contribution is 2.25. The number of nitrogens with zero attached hydrogens (tertiary/aromatic N) is 2. The number of likely N-dealkylation sites (tertiary alicyclic amines) is 1. The highest BCUT2D eigenvalue weighted by atomic mass is 35.5. The Kier molecular flexibility index (Phi) is 4.89. The first-order chi connectivity index (χ1) is 9.47. The summed E-state index contributed by atoms with van der Waals surface area (Å²) in [5.74, 6) is 0.667. The maximum atomic E-state index is 12.4. The maximum Gasteiger partial charge on any atom is 0.253 e. The summed E-state index contributed by atoms with van der Waals surface area (Å²) in [5.41, 5.74) is 0.541. The van der Waals surface area contributed by atoms with Crippen molar-refractivity contribution in [2.75, 3.05) is 33.7 Å². The first kappa shape index (κ1) is 15.1. The van der Waals surface area contributed by atoms with E-state index in [1.54, 1.807) is 6.07 Å². The Bertz CT molecular complexity index is 483. The molecule has 1 aromatic carbocycles. The molecule has 0 unspecified atom stereocenters. The van der Waals surface area contributed by atoms with Crippen LogP contribution in [0.25, 0.3) is 0 Å². The van der Waals surface area contributed by atoms with Gasteiger partial charge in [0.2, 0.25) is 0 Å². The average molecular weight is 297 g/mol. The molecular weight excluding hydrogens is 276 g/mol. The van der Waals surface area contributed by atoms with Crippen LogP contribution in [0.15, 0.2) is 18.2 Å². The molecule has 0 saturated carbocycles. The number of carbonyl (C=O) groups excluding carboxylic acids is 1. The highest BCUT2D eigenvalue weighted by Gasteiger charge is 2.24. The van der Waals surface area contributed by atoms with Gasteiger partial charge in [-0.05, 0) is 51.1 Å². The Labute approximate surface area is 124 Å². The van der Waals surface area contributed by atoms with E-state index in [9.17, 15) is 9.90 Å². The first-order valence-corrected chi connectivity index (χ1v) is 7.27. The first-order valence-electron chi connectivity index (χ1n) is 6.90. The second-order valence-electron chi connectivity index (χ2n) is 5.66. The largest absolute Gasteiger partial charge is 0.506 e. The summed E-state index contributed by atoms with van der Waals surface area (Å²) < 4.78 is 0. The van der Waals surface area contributed by atoms with Crippen LogP contribution in [0.5, 0.6) is 5.75 Å². The van der Waals surface area contributed by atoms with Crippen LogP contribution in [0.1, 0.15) is 23.2 Å². The minimum Gasteiger partial charge on any atom is -0.506 e. The van der Waals surface area contributed by atoms with E-state index in [0.717, 1.165) is 32.5 Å². The van der Waals surface area contributed by atoms with E-state index in [1.807, 2.05) is 4.90 Å². The third-order valence-corrected chi connectivity index (χ3v) is 4.02. The lowest BCUT2D eigenvalue weighted by Crippen LogP contribution is -2.40. The predicted molar refractivity (Wildman–Crippen MR) is 80.3 cm³/mol. The molecule has 1 N–H and O–H groups in total. The van der Waals surface area contributed by atoms with Crippen molar-refractivity contribution in [1.29, 1.82) is 0 Å². The molecule has 1 aliphatic rings. The number of phenolic OH excluding ortho intramolecular Hbond substituents is 1. The minimum atomic E-state index is -0.00444. The topological polar surface area (TPSA) is 43.8 Å². The molecule has 1 heterocycles. The number of amides is 1. The van der Waals surface area contributed by atoms with Crippen molar-refractivity contribution < 1.29 is 9.90 Å². The van der Waals surface area contributed by atoms with Crippen molar-refractivity contribution in [3.63, 3.8) is 0 Å². The molecule has 0 spiro atoms. The third-order valence-electron chi connectivity index (χ3n) is 3.72. The molecule has 5 heteroatoms. The number of phenols is 1. The molecular formula is C15H21ClN2O2. The van der Waals surface area contributed by atoms with Gasteiger partial charge in [-0.1, -0.05) is 11.6 Å². The van der Waals surface area contributed by atoms with Crippen LogP contribution in [0.4, 0.5) is 0 Å². The molecule has 4 nitrogen and oxygen atoms in total. The van der Waals surface area contributed by atoms with Crippen molar-refractivity contribution in [2.45, 2.75) is 12.8 Å². The van der Waals surface area contributed by atoms with E-state index < -0.39 is 0 Å². The molecule has 0 aliphatic carbocycles. The summed E-state index contributed by atoms with van der Waals surface area (Å²) in [7, 11) is 4.16. The summed E-state index contributed by atoms with van der Waals surface area (Å²) in [6, 6.07) is 4.62. The van der Waals surface area contributed by atoms with Crippen molar-refractivity contribution >= 4 is 17.5 Å². The van der Waals surface area contributed by atoms with E-state index in [-0.39, 0.29) is 16.7 Å². The lowest BCUT2D eigenvalue weighted by Gasteiger charge is -2.33. The number of halogens is 1. The number of benzene rings is 1. The fraction of sp³-hybridized carbons (Fsp3) is 0.533. The van der Waals surface area contributed by atoms with E-state index in [1.165, 1.54) is 12.1 Å². The van der Waals surface area contributed by atoms with Crippen LogP contribution in [-0.4, -0.2) is 54.5 Å². The van der Waals surface area contributed by atoms with Gasteiger partial charge in [-0.2, -0.15) is 0 Å². The lowest BCUT2D eigenvalue weighted by atomic mass is 9.96. The van der Waals surface area contributed by atoms with Gasteiger partial charge in [0.25, 0.3) is 5.91 Å². The molecule has 0 radical (unpaired) electrons. The zero-order valence-electron chi connectivity index (χ0n) is 12.0. The molecule has 0 atom stereocenters. The van der Waals surface area contributed by atoms with Crippen LogP contribution in [0, 0.1) is 5.92 Å². The Balaban J connectivity index is 1.96. The van der Waals surface area contributed by atoms with Gasteiger partial charge < -0.3 is 14.9 Å². The van der Waals surface area contributed by atoms with Crippen molar-refractivity contribution in [2.24, 2.45) is 5.92 Å². The third kappa shape index (κ3) is 3.64. The second-order valence-corrected chi connectivity index (χ2v) is 6.07. The van der Waals surface area contributed by atoms with Gasteiger partial charge in [0.05, 0.1) is 5.02 Å². The van der Waals surface area contributed by atoms with Crippen LogP contribution < -0.4 is 0 Å². The normalized spacial score (nSPS) is 16.7. The summed E-state index contributed by atoms with van der Waals surface area (Å²) in [5, 5.41) is 9.61. The monoisotopic (exact) mass is 296 g/mol. The van der Waals surface area contributed by atoms with Gasteiger partial charge >= 0.3 is 0 Å². The molecule has 1 saturated heterocycles. The van der Waals surface area contributed by atoms with Crippen LogP contribution >= 0.6 is 11.6 Å². The number of aromatic hydroxyl groups is 1. The van der Waals surface area contributed by atoms with Crippen LogP contribution in [-0.2, 0) is 0 Å². The van der Waals surface area contributed by atoms with E-state index in [4.69, 9.17) is 11.6 Å². The summed E-state index contributed by atoms with van der Waals surface area (Å²) in [6.45, 7) is 2.65. The van der Waals surface area contributed by atoms with Crippen LogP contribution in [0.2, 0.25) is 5.02 Å². The fourth-order valence-corrected chi connectivity index (χ4v) is 2.84. The maximum absolute atomic E-state index is 12.4. The molecule has 20 heavy (non-hydrogen) atoms. The van der Waals surface area contributed by atoms with Gasteiger partial charge in [-0.3, -0.25) is 4.79 Å². The second kappa shape index (κ2) is 6.46. The Morgan fingerprint density at radius 1 is 1.40 bits per heavy atom. The number of hydrogen-bond donors (Lipinski definition) is 1. The van der Waals surface area contributed by atoms with E-state index in [0.29, 0.717) is 11.5 Å². The standard InChI is InChI=1S/C15H21ClN2O2/c1-17(2)10-11-5-7-18(8-6-11)15(20)12-3-4-14(19)13(16)9-12/h3-4,9,11,19H,5-8,10H2,1-2H3. The summed E-state index contributed by atoms with van der Waals surface area (Å²) in [4.78, 5) is 16.4. The molecule has 1 fully saturated rings. The van der Waals surface area contributed by atoms with E-state index in [2.05, 4.69) is 19.0 Å². The lowest BCUT2D eigenvalue weighted by molar-refractivity contribution is 0.0678. The summed E-state index contributed by atoms with van der Waals surface area (Å²) >= 11 is 5.85. The molecule has 1 amide bonds. The van der Waals surface area contributed by atoms with Gasteiger partial charge in [0.15, 0.2) is 0 Å². The predicted octanol–water partition coefficient (Wildman–Crippen LogP) is 2.46. The summed E-state index contributed by atoms with van der Waals surface area (Å²) in [6.07, 6.45) is 2.07. The minimum absolute atomic E-state index is 0.00444. The molecule has 2 rings (SSSR count). The quantitative estimate of drug-likeness (QED) is 0.932. The number of rotatable bonds is 3. The number of carbonyl (C=O) groups is 1. The number of piperidine rings is 1. The molecule has 110 valence electrons. The SMILES string of the molecule is CN(C)CC1CCN(C(=O)c2ccc(O)c(Cl)c2)CC1. The molecule has 1 aromatic rings. The fourth-order valence-electron chi connectivity index (χ4n) is 2.66. The van der Waals surface area contributed by atoms with Gasteiger partial charge in [-0.15, -0.1) is 0 Å². The zero-order chi connectivity index (χ0) is 14.7. The van der Waals surface area contributed by atoms with Crippen LogP contribution in [0.3, 0.4) is 0 Å². The highest BCUT2D eigenvalue weighted by molar-refractivity contribution is 6.32. The number of hydrogen-bond acceptors (Lipinski definition) is 3.